The van der Waals surface area contributed by atoms with Crippen LogP contribution in [0.15, 0.2) is 26.7 Å². The summed E-state index contributed by atoms with van der Waals surface area (Å²) in [6.45, 7) is 1.78. The molecular formula is C11H7F2NO2S2. The zero-order valence-corrected chi connectivity index (χ0v) is 10.7. The summed E-state index contributed by atoms with van der Waals surface area (Å²) in [5.41, 5.74) is 0.357. The van der Waals surface area contributed by atoms with E-state index in [0.29, 0.717) is 4.34 Å². The molecule has 0 atom stereocenters. The van der Waals surface area contributed by atoms with E-state index in [1.54, 1.807) is 12.3 Å². The van der Waals surface area contributed by atoms with Gasteiger partial charge in [0.1, 0.15) is 11.6 Å². The fourth-order valence-corrected chi connectivity index (χ4v) is 3.03. The summed E-state index contributed by atoms with van der Waals surface area (Å²) in [5.74, 6) is -3.16. The molecule has 94 valence electrons. The molecule has 0 spiro atoms. The molecule has 1 aromatic carbocycles. The Bertz CT molecular complexity index is 590. The molecule has 0 radical (unpaired) electrons. The largest absolute Gasteiger partial charge is 0.478 e. The molecule has 1 heterocycles. The van der Waals surface area contributed by atoms with E-state index in [9.17, 15) is 13.6 Å². The molecule has 3 nitrogen and oxygen atoms in total. The number of carboxylic acid groups (broad SMARTS) is 1. The summed E-state index contributed by atoms with van der Waals surface area (Å²) in [5, 5.41) is 10.4. The van der Waals surface area contributed by atoms with Gasteiger partial charge in [-0.3, -0.25) is 0 Å². The standard InChI is InChI=1S/C11H7F2NO2S2/c1-5-4-17-11(14-5)18-9-7(12)2-6(10(15)16)3-8(9)13/h2-4H,1H3,(H,15,16). The van der Waals surface area contributed by atoms with E-state index >= 15 is 0 Å². The summed E-state index contributed by atoms with van der Waals surface area (Å²) in [7, 11) is 0. The van der Waals surface area contributed by atoms with Crippen LogP contribution in [-0.4, -0.2) is 16.1 Å². The van der Waals surface area contributed by atoms with Crippen molar-refractivity contribution in [2.75, 3.05) is 0 Å². The first kappa shape index (κ1) is 13.0. The highest BCUT2D eigenvalue weighted by atomic mass is 32.2. The van der Waals surface area contributed by atoms with Gasteiger partial charge in [-0.2, -0.15) is 0 Å². The van der Waals surface area contributed by atoms with Crippen molar-refractivity contribution in [2.24, 2.45) is 0 Å². The molecule has 0 fully saturated rings. The quantitative estimate of drug-likeness (QED) is 0.937. The lowest BCUT2D eigenvalue weighted by molar-refractivity contribution is 0.0695. The number of aromatic carboxylic acids is 1. The second-order valence-electron chi connectivity index (χ2n) is 3.43. The summed E-state index contributed by atoms with van der Waals surface area (Å²) in [6, 6.07) is 1.60. The van der Waals surface area contributed by atoms with E-state index in [0.717, 1.165) is 29.6 Å². The van der Waals surface area contributed by atoms with Gasteiger partial charge in [0.2, 0.25) is 0 Å². The van der Waals surface area contributed by atoms with E-state index in [1.165, 1.54) is 11.3 Å². The Labute approximate surface area is 109 Å². The third kappa shape index (κ3) is 2.68. The Morgan fingerprint density at radius 1 is 1.39 bits per heavy atom. The maximum atomic E-state index is 13.6. The molecule has 0 unspecified atom stereocenters. The second kappa shape index (κ2) is 5.03. The molecular weight excluding hydrogens is 280 g/mol. The van der Waals surface area contributed by atoms with Gasteiger partial charge < -0.3 is 5.11 Å². The van der Waals surface area contributed by atoms with Crippen LogP contribution >= 0.6 is 23.1 Å². The van der Waals surface area contributed by atoms with Crippen LogP contribution in [0.1, 0.15) is 16.1 Å². The van der Waals surface area contributed by atoms with Crippen molar-refractivity contribution >= 4 is 29.1 Å². The summed E-state index contributed by atoms with van der Waals surface area (Å²) < 4.78 is 27.7. The molecule has 7 heteroatoms. The lowest BCUT2D eigenvalue weighted by atomic mass is 10.2. The smallest absolute Gasteiger partial charge is 0.335 e. The second-order valence-corrected chi connectivity index (χ2v) is 5.55. The SMILES string of the molecule is Cc1csc(Sc2c(F)cc(C(=O)O)cc2F)n1. The predicted octanol–water partition coefficient (Wildman–Crippen LogP) is 3.58. The van der Waals surface area contributed by atoms with Gasteiger partial charge in [-0.25, -0.2) is 18.6 Å². The monoisotopic (exact) mass is 287 g/mol. The van der Waals surface area contributed by atoms with Crippen LogP contribution in [0.3, 0.4) is 0 Å². The average Bonchev–Trinajstić information content (AvgIpc) is 2.69. The molecule has 0 amide bonds. The van der Waals surface area contributed by atoms with Gasteiger partial charge in [0.05, 0.1) is 10.5 Å². The number of aromatic nitrogens is 1. The van der Waals surface area contributed by atoms with Crippen molar-refractivity contribution in [1.29, 1.82) is 0 Å². The van der Waals surface area contributed by atoms with E-state index < -0.39 is 23.2 Å². The Balaban J connectivity index is 2.37. The number of thiazole rings is 1. The number of halogens is 2. The third-order valence-corrected chi connectivity index (χ3v) is 4.18. The molecule has 0 aliphatic heterocycles. The van der Waals surface area contributed by atoms with Crippen molar-refractivity contribution in [3.63, 3.8) is 0 Å². The lowest BCUT2D eigenvalue weighted by Crippen LogP contribution is -2.00. The van der Waals surface area contributed by atoms with Crippen molar-refractivity contribution in [2.45, 2.75) is 16.2 Å². The highest BCUT2D eigenvalue weighted by Gasteiger charge is 2.16. The first-order valence-corrected chi connectivity index (χ1v) is 6.49. The van der Waals surface area contributed by atoms with E-state index in [2.05, 4.69) is 4.98 Å². The lowest BCUT2D eigenvalue weighted by Gasteiger charge is -2.03. The van der Waals surface area contributed by atoms with Crippen molar-refractivity contribution < 1.29 is 18.7 Å². The van der Waals surface area contributed by atoms with Gasteiger partial charge in [-0.15, -0.1) is 11.3 Å². The van der Waals surface area contributed by atoms with Gasteiger partial charge in [0.15, 0.2) is 4.34 Å². The first-order valence-electron chi connectivity index (χ1n) is 4.79. The number of nitrogens with zero attached hydrogens (tertiary/aromatic N) is 1. The highest BCUT2D eigenvalue weighted by Crippen LogP contribution is 2.34. The normalized spacial score (nSPS) is 10.6. The average molecular weight is 287 g/mol. The minimum Gasteiger partial charge on any atom is -0.478 e. The minimum absolute atomic E-state index is 0.241. The molecule has 2 rings (SSSR count). The van der Waals surface area contributed by atoms with E-state index in [4.69, 9.17) is 5.11 Å². The number of hydrogen-bond acceptors (Lipinski definition) is 4. The predicted molar refractivity (Wildman–Crippen MR) is 64.3 cm³/mol. The Morgan fingerprint density at radius 2 is 2.00 bits per heavy atom. The molecule has 2 aromatic rings. The minimum atomic E-state index is -1.37. The molecule has 1 aromatic heterocycles. The fourth-order valence-electron chi connectivity index (χ4n) is 1.25. The van der Waals surface area contributed by atoms with Gasteiger partial charge in [0.25, 0.3) is 0 Å². The van der Waals surface area contributed by atoms with Gasteiger partial charge in [-0.05, 0) is 19.1 Å². The summed E-state index contributed by atoms with van der Waals surface area (Å²) >= 11 is 2.12. The Morgan fingerprint density at radius 3 is 2.44 bits per heavy atom. The van der Waals surface area contributed by atoms with Crippen LogP contribution in [0.4, 0.5) is 8.78 Å². The van der Waals surface area contributed by atoms with Crippen LogP contribution < -0.4 is 0 Å². The summed E-state index contributed by atoms with van der Waals surface area (Å²) in [6.07, 6.45) is 0. The number of carbonyl (C=O) groups is 1. The number of rotatable bonds is 3. The molecule has 0 bridgehead atoms. The molecule has 0 saturated carbocycles. The third-order valence-electron chi connectivity index (χ3n) is 2.03. The first-order chi connectivity index (χ1) is 8.47. The number of aryl methyl sites for hydroxylation is 1. The van der Waals surface area contributed by atoms with Gasteiger partial charge in [-0.1, -0.05) is 11.8 Å². The fraction of sp³-hybridized carbons (Fsp3) is 0.0909. The van der Waals surface area contributed by atoms with Crippen molar-refractivity contribution in [1.82, 2.24) is 4.98 Å². The molecule has 18 heavy (non-hydrogen) atoms. The van der Waals surface area contributed by atoms with Crippen molar-refractivity contribution in [3.05, 3.63) is 40.4 Å². The van der Waals surface area contributed by atoms with Crippen LogP contribution in [0.5, 0.6) is 0 Å². The molecule has 1 N–H and O–H groups in total. The highest BCUT2D eigenvalue weighted by molar-refractivity contribution is 8.01. The van der Waals surface area contributed by atoms with Crippen molar-refractivity contribution in [3.8, 4) is 0 Å². The Hall–Kier alpha value is -1.47. The zero-order valence-electron chi connectivity index (χ0n) is 9.11. The van der Waals surface area contributed by atoms with Gasteiger partial charge in [0, 0.05) is 11.1 Å². The van der Waals surface area contributed by atoms with Crippen LogP contribution in [0.25, 0.3) is 0 Å². The summed E-state index contributed by atoms with van der Waals surface area (Å²) in [4.78, 5) is 14.5. The molecule has 0 aliphatic carbocycles. The zero-order chi connectivity index (χ0) is 13.3. The van der Waals surface area contributed by atoms with Crippen LogP contribution in [0, 0.1) is 18.6 Å². The molecule has 0 aliphatic rings. The van der Waals surface area contributed by atoms with E-state index in [1.807, 2.05) is 0 Å². The van der Waals surface area contributed by atoms with Crippen LogP contribution in [0.2, 0.25) is 0 Å². The van der Waals surface area contributed by atoms with Crippen LogP contribution in [-0.2, 0) is 0 Å². The van der Waals surface area contributed by atoms with Gasteiger partial charge >= 0.3 is 5.97 Å². The number of carboxylic acids is 1. The maximum absolute atomic E-state index is 13.6. The topological polar surface area (TPSA) is 50.2 Å². The number of benzene rings is 1. The van der Waals surface area contributed by atoms with E-state index in [-0.39, 0.29) is 4.90 Å². The maximum Gasteiger partial charge on any atom is 0.335 e. The molecule has 0 saturated heterocycles. The number of hydrogen-bond donors (Lipinski definition) is 1. The Kier molecular flexibility index (Phi) is 3.63.